The van der Waals surface area contributed by atoms with E-state index in [9.17, 15) is 19.6 Å². The van der Waals surface area contributed by atoms with Gasteiger partial charge in [0.2, 0.25) is 5.91 Å². The molecule has 2 N–H and O–H groups in total. The molecule has 37 heavy (non-hydrogen) atoms. The van der Waals surface area contributed by atoms with Crippen molar-refractivity contribution in [2.24, 2.45) is 5.92 Å². The zero-order valence-corrected chi connectivity index (χ0v) is 21.8. The zero-order valence-electron chi connectivity index (χ0n) is 21.0. The van der Waals surface area contributed by atoms with Crippen molar-refractivity contribution >= 4 is 45.3 Å². The van der Waals surface area contributed by atoms with Crippen molar-refractivity contribution < 1.29 is 14.3 Å². The molecule has 5 rings (SSSR count). The second kappa shape index (κ2) is 9.38. The van der Waals surface area contributed by atoms with Crippen molar-refractivity contribution in [1.29, 1.82) is 5.26 Å². The minimum absolute atomic E-state index is 0.0203. The van der Waals surface area contributed by atoms with Gasteiger partial charge in [0.15, 0.2) is 0 Å². The lowest BCUT2D eigenvalue weighted by atomic mass is 9.97. The average molecular weight is 521 g/mol. The van der Waals surface area contributed by atoms with Gasteiger partial charge in [0, 0.05) is 28.3 Å². The van der Waals surface area contributed by atoms with Crippen molar-refractivity contribution in [2.75, 3.05) is 0 Å². The monoisotopic (exact) mass is 520 g/mol. The van der Waals surface area contributed by atoms with Gasteiger partial charge in [0.1, 0.15) is 17.7 Å². The van der Waals surface area contributed by atoms with Crippen molar-refractivity contribution in [3.05, 3.63) is 57.3 Å². The Hall–Kier alpha value is -3.57. The summed E-state index contributed by atoms with van der Waals surface area (Å²) < 4.78 is 5.57. The van der Waals surface area contributed by atoms with Gasteiger partial charge >= 0.3 is 6.09 Å². The molecule has 0 radical (unpaired) electrons. The van der Waals surface area contributed by atoms with E-state index >= 15 is 0 Å². The zero-order chi connectivity index (χ0) is 26.5. The number of H-pyrrole nitrogens is 1. The molecule has 2 amide bonds. The van der Waals surface area contributed by atoms with Crippen LogP contribution in [-0.4, -0.2) is 45.6 Å². The first kappa shape index (κ1) is 25.1. The van der Waals surface area contributed by atoms with Gasteiger partial charge < -0.3 is 15.0 Å². The molecule has 3 aromatic rings. The maximum Gasteiger partial charge on any atom is 0.411 e. The Balaban J connectivity index is 1.35. The molecule has 8 nitrogen and oxygen atoms in total. The number of carbonyl (C=O) groups excluding carboxylic acids is 2. The summed E-state index contributed by atoms with van der Waals surface area (Å²) in [5, 5.41) is 15.3. The van der Waals surface area contributed by atoms with Crippen LogP contribution >= 0.6 is 11.6 Å². The number of benzene rings is 2. The van der Waals surface area contributed by atoms with Gasteiger partial charge in [-0.2, -0.15) is 5.26 Å². The van der Waals surface area contributed by atoms with Crippen molar-refractivity contribution in [1.82, 2.24) is 15.2 Å². The quantitative estimate of drug-likeness (QED) is 0.485. The van der Waals surface area contributed by atoms with Crippen LogP contribution in [0.2, 0.25) is 5.02 Å². The Morgan fingerprint density at radius 1 is 1.19 bits per heavy atom. The minimum Gasteiger partial charge on any atom is -0.444 e. The van der Waals surface area contributed by atoms with Gasteiger partial charge in [-0.05, 0) is 75.1 Å². The van der Waals surface area contributed by atoms with Crippen LogP contribution in [0.4, 0.5) is 4.79 Å². The van der Waals surface area contributed by atoms with E-state index in [1.165, 1.54) is 0 Å². The summed E-state index contributed by atoms with van der Waals surface area (Å²) in [7, 11) is 0. The molecular formula is C28H29ClN4O4. The molecule has 1 unspecified atom stereocenters. The first-order valence-electron chi connectivity index (χ1n) is 12.5. The maximum absolute atomic E-state index is 13.3. The Kier molecular flexibility index (Phi) is 6.36. The third-order valence-electron chi connectivity index (χ3n) is 7.22. The lowest BCUT2D eigenvalue weighted by Gasteiger charge is -2.35. The van der Waals surface area contributed by atoms with Crippen LogP contribution in [0.1, 0.15) is 45.6 Å². The third-order valence-corrected chi connectivity index (χ3v) is 7.45. The standard InChI is InChI=1S/C28H29ClN4O4/c1-28(2,3)37-27(36)33-19-7-5-16(12-19)24(33)26(35)31-18(14-30)10-15-4-8-20-21-9-6-17(29)13-23(21)32-25(34)22(20)11-15/h4,6,8-9,11,13,16,18-19,24H,5,7,10,12H2,1-3H3,(H,31,35)(H,32,34)/t16-,18?,19+,24-/m0/s1. The summed E-state index contributed by atoms with van der Waals surface area (Å²) >= 11 is 6.07. The summed E-state index contributed by atoms with van der Waals surface area (Å²) in [5.41, 5.74) is 0.482. The Morgan fingerprint density at radius 2 is 1.95 bits per heavy atom. The van der Waals surface area contributed by atoms with E-state index in [0.29, 0.717) is 15.9 Å². The number of nitriles is 1. The van der Waals surface area contributed by atoms with Gasteiger partial charge in [-0.1, -0.05) is 29.8 Å². The normalized spacial score (nSPS) is 21.7. The number of hydrogen-bond donors (Lipinski definition) is 2. The molecule has 2 aromatic carbocycles. The second-order valence-corrected chi connectivity index (χ2v) is 11.4. The average Bonchev–Trinajstić information content (AvgIpc) is 3.44. The molecule has 1 saturated carbocycles. The van der Waals surface area contributed by atoms with Crippen LogP contribution in [0.25, 0.3) is 21.7 Å². The number of likely N-dealkylation sites (tertiary alicyclic amines) is 1. The number of aromatic nitrogens is 1. The third kappa shape index (κ3) is 4.88. The lowest BCUT2D eigenvalue weighted by molar-refractivity contribution is -0.128. The molecule has 1 aliphatic heterocycles. The number of piperidine rings is 1. The number of fused-ring (bicyclic) bond motifs is 5. The molecule has 9 heteroatoms. The van der Waals surface area contributed by atoms with E-state index in [1.54, 1.807) is 43.9 Å². The van der Waals surface area contributed by atoms with E-state index < -0.39 is 23.8 Å². The van der Waals surface area contributed by atoms with Crippen molar-refractivity contribution in [3.8, 4) is 6.07 Å². The minimum atomic E-state index is -0.817. The maximum atomic E-state index is 13.3. The van der Waals surface area contributed by atoms with Gasteiger partial charge in [0.05, 0.1) is 11.6 Å². The number of ether oxygens (including phenoxy) is 1. The molecular weight excluding hydrogens is 492 g/mol. The van der Waals surface area contributed by atoms with E-state index in [1.807, 2.05) is 18.2 Å². The fourth-order valence-corrected chi connectivity index (χ4v) is 5.88. The fourth-order valence-electron chi connectivity index (χ4n) is 5.71. The van der Waals surface area contributed by atoms with E-state index in [-0.39, 0.29) is 29.8 Å². The van der Waals surface area contributed by atoms with Gasteiger partial charge in [-0.15, -0.1) is 0 Å². The number of hydrogen-bond acceptors (Lipinski definition) is 5. The Labute approximate surface area is 219 Å². The topological polar surface area (TPSA) is 115 Å². The first-order valence-corrected chi connectivity index (χ1v) is 12.9. The summed E-state index contributed by atoms with van der Waals surface area (Å²) in [5.74, 6) is -0.288. The molecule has 1 aromatic heterocycles. The smallest absolute Gasteiger partial charge is 0.411 e. The molecule has 2 bridgehead atoms. The fraction of sp³-hybridized carbons (Fsp3) is 0.429. The van der Waals surface area contributed by atoms with Crippen LogP contribution in [0.3, 0.4) is 0 Å². The van der Waals surface area contributed by atoms with Crippen LogP contribution in [0.15, 0.2) is 41.2 Å². The Bertz CT molecular complexity index is 1500. The van der Waals surface area contributed by atoms with Crippen LogP contribution < -0.4 is 10.9 Å². The summed E-state index contributed by atoms with van der Waals surface area (Å²) in [4.78, 5) is 43.4. The number of halogens is 1. The highest BCUT2D eigenvalue weighted by molar-refractivity contribution is 6.31. The number of rotatable bonds is 4. The number of pyridine rings is 1. The molecule has 2 aliphatic rings. The molecule has 2 heterocycles. The Morgan fingerprint density at radius 3 is 2.68 bits per heavy atom. The van der Waals surface area contributed by atoms with E-state index in [2.05, 4.69) is 16.4 Å². The SMILES string of the molecule is CC(C)(C)OC(=O)N1[C@@H]2CC[C@@H](C2)[C@H]1C(=O)NC(C#N)Cc1ccc2c(c1)c(=O)[nH]c1cc(Cl)ccc12. The molecule has 2 fully saturated rings. The summed E-state index contributed by atoms with van der Waals surface area (Å²) in [6.07, 6.45) is 2.22. The predicted octanol–water partition coefficient (Wildman–Crippen LogP) is 4.67. The highest BCUT2D eigenvalue weighted by Gasteiger charge is 2.52. The van der Waals surface area contributed by atoms with Crippen LogP contribution in [-0.2, 0) is 16.0 Å². The number of nitrogens with one attached hydrogen (secondary N) is 2. The van der Waals surface area contributed by atoms with Gasteiger partial charge in [-0.25, -0.2) is 4.79 Å². The van der Waals surface area contributed by atoms with Gasteiger partial charge in [0.25, 0.3) is 5.56 Å². The largest absolute Gasteiger partial charge is 0.444 e. The summed E-state index contributed by atoms with van der Waals surface area (Å²) in [6, 6.07) is 11.5. The molecule has 192 valence electrons. The van der Waals surface area contributed by atoms with Gasteiger partial charge in [-0.3, -0.25) is 14.5 Å². The molecule has 0 spiro atoms. The van der Waals surface area contributed by atoms with E-state index in [4.69, 9.17) is 16.3 Å². The number of nitrogens with zero attached hydrogens (tertiary/aromatic N) is 2. The predicted molar refractivity (Wildman–Crippen MR) is 141 cm³/mol. The summed E-state index contributed by atoms with van der Waals surface area (Å²) in [6.45, 7) is 5.39. The van der Waals surface area contributed by atoms with Crippen LogP contribution in [0.5, 0.6) is 0 Å². The number of carbonyl (C=O) groups is 2. The van der Waals surface area contributed by atoms with Crippen molar-refractivity contribution in [2.45, 2.75) is 70.2 Å². The molecule has 4 atom stereocenters. The lowest BCUT2D eigenvalue weighted by Crippen LogP contribution is -2.55. The highest BCUT2D eigenvalue weighted by atomic mass is 35.5. The highest BCUT2D eigenvalue weighted by Crippen LogP contribution is 2.43. The van der Waals surface area contributed by atoms with E-state index in [0.717, 1.165) is 35.6 Å². The molecule has 1 aliphatic carbocycles. The molecule has 1 saturated heterocycles. The van der Waals surface area contributed by atoms with Crippen LogP contribution in [0, 0.1) is 17.2 Å². The second-order valence-electron chi connectivity index (χ2n) is 11.0. The number of amides is 2. The number of aromatic amines is 1. The first-order chi connectivity index (χ1) is 17.5. The van der Waals surface area contributed by atoms with Crippen molar-refractivity contribution in [3.63, 3.8) is 0 Å².